The SMILES string of the molecule is C=CCOc1c(C)cc(C)cc1[Si](C)(C)C1c2cc(-c3ccccc3C)ccc2-c2ccc(-c3ccccc3C)cc21. The average Bonchev–Trinajstić information content (AvgIpc) is 3.30. The third-order valence-corrected chi connectivity index (χ3v) is 12.9. The Balaban J connectivity index is 1.61. The van der Waals surface area contributed by atoms with Gasteiger partial charge in [0.1, 0.15) is 12.4 Å². The minimum atomic E-state index is -2.24. The molecule has 210 valence electrons. The quantitative estimate of drug-likeness (QED) is 0.141. The van der Waals surface area contributed by atoms with Crippen molar-refractivity contribution in [2.45, 2.75) is 46.3 Å². The molecule has 0 bridgehead atoms. The molecule has 6 rings (SSSR count). The van der Waals surface area contributed by atoms with Crippen LogP contribution in [0.2, 0.25) is 13.1 Å². The summed E-state index contributed by atoms with van der Waals surface area (Å²) in [6, 6.07) is 36.4. The number of fused-ring (bicyclic) bond motifs is 3. The fourth-order valence-corrected chi connectivity index (χ4v) is 10.9. The molecule has 0 atom stereocenters. The predicted octanol–water partition coefficient (Wildman–Crippen LogP) is 10.1. The van der Waals surface area contributed by atoms with Crippen LogP contribution in [0.5, 0.6) is 5.75 Å². The second-order valence-electron chi connectivity index (χ2n) is 12.4. The zero-order valence-corrected chi connectivity index (χ0v) is 26.7. The zero-order valence-electron chi connectivity index (χ0n) is 25.7. The van der Waals surface area contributed by atoms with Gasteiger partial charge in [0.25, 0.3) is 0 Å². The van der Waals surface area contributed by atoms with Crippen molar-refractivity contribution in [3.8, 4) is 39.1 Å². The standard InChI is InChI=1S/C40H40OSi/c1-8-21-41-39-29(5)22-26(2)23-38(39)42(6,7)40-36-24-30(32-15-11-9-13-27(32)3)17-19-34(36)35-20-18-31(25-37(35)40)33-16-12-10-14-28(33)4/h8-20,22-25,40H,1,21H2,2-7H3. The summed E-state index contributed by atoms with van der Waals surface area (Å²) >= 11 is 0. The van der Waals surface area contributed by atoms with Gasteiger partial charge in [0.15, 0.2) is 0 Å². The molecule has 0 spiro atoms. The minimum absolute atomic E-state index is 0.280. The number of hydrogen-bond acceptors (Lipinski definition) is 1. The van der Waals surface area contributed by atoms with Gasteiger partial charge in [-0.05, 0) is 94.1 Å². The monoisotopic (exact) mass is 564 g/mol. The van der Waals surface area contributed by atoms with E-state index in [4.69, 9.17) is 4.74 Å². The molecule has 0 saturated carbocycles. The average molecular weight is 565 g/mol. The fourth-order valence-electron chi connectivity index (χ4n) is 7.09. The van der Waals surface area contributed by atoms with E-state index in [1.54, 1.807) is 0 Å². The largest absolute Gasteiger partial charge is 0.489 e. The second kappa shape index (κ2) is 10.9. The third-order valence-electron chi connectivity index (χ3n) is 9.11. The maximum Gasteiger partial charge on any atom is 0.121 e. The van der Waals surface area contributed by atoms with E-state index >= 15 is 0 Å². The molecule has 1 aliphatic rings. The topological polar surface area (TPSA) is 9.23 Å². The van der Waals surface area contributed by atoms with Crippen molar-refractivity contribution >= 4 is 13.3 Å². The lowest BCUT2D eigenvalue weighted by molar-refractivity contribution is 0.363. The number of benzene rings is 5. The van der Waals surface area contributed by atoms with E-state index in [2.05, 4.69) is 144 Å². The normalized spacial score (nSPS) is 12.6. The van der Waals surface area contributed by atoms with Gasteiger partial charge in [0, 0.05) is 5.54 Å². The highest BCUT2D eigenvalue weighted by Crippen LogP contribution is 2.51. The van der Waals surface area contributed by atoms with Crippen molar-refractivity contribution in [3.63, 3.8) is 0 Å². The molecule has 1 nitrogen and oxygen atoms in total. The molecule has 0 unspecified atom stereocenters. The number of rotatable bonds is 7. The highest BCUT2D eigenvalue weighted by Gasteiger charge is 2.44. The van der Waals surface area contributed by atoms with Crippen LogP contribution >= 0.6 is 0 Å². The molecule has 42 heavy (non-hydrogen) atoms. The van der Waals surface area contributed by atoms with E-state index in [0.29, 0.717) is 6.61 Å². The van der Waals surface area contributed by atoms with Gasteiger partial charge in [-0.25, -0.2) is 0 Å². The molecule has 5 aromatic carbocycles. The summed E-state index contributed by atoms with van der Waals surface area (Å²) in [4.78, 5) is 0. The molecule has 2 heteroatoms. The highest BCUT2D eigenvalue weighted by molar-refractivity contribution is 6.92. The van der Waals surface area contributed by atoms with Crippen LogP contribution in [-0.4, -0.2) is 14.7 Å². The van der Waals surface area contributed by atoms with E-state index in [-0.39, 0.29) is 5.54 Å². The second-order valence-corrected chi connectivity index (χ2v) is 17.0. The van der Waals surface area contributed by atoms with E-state index < -0.39 is 8.07 Å². The first-order chi connectivity index (χ1) is 20.2. The highest BCUT2D eigenvalue weighted by atomic mass is 28.3. The zero-order chi connectivity index (χ0) is 29.6. The summed E-state index contributed by atoms with van der Waals surface area (Å²) in [5, 5.41) is 1.38. The van der Waals surface area contributed by atoms with Gasteiger partial charge in [-0.2, -0.15) is 0 Å². The van der Waals surface area contributed by atoms with Gasteiger partial charge in [-0.1, -0.05) is 128 Å². The van der Waals surface area contributed by atoms with Crippen LogP contribution < -0.4 is 9.92 Å². The number of ether oxygens (including phenoxy) is 1. The Morgan fingerprint density at radius 3 is 1.67 bits per heavy atom. The van der Waals surface area contributed by atoms with Gasteiger partial charge in [-0.3, -0.25) is 0 Å². The molecule has 1 aliphatic carbocycles. The Kier molecular flexibility index (Phi) is 7.28. The van der Waals surface area contributed by atoms with E-state index in [1.165, 1.54) is 71.9 Å². The molecule has 0 fully saturated rings. The van der Waals surface area contributed by atoms with E-state index in [1.807, 2.05) is 6.08 Å². The van der Waals surface area contributed by atoms with E-state index in [9.17, 15) is 0 Å². The molecule has 5 aromatic rings. The van der Waals surface area contributed by atoms with Crippen molar-refractivity contribution in [1.29, 1.82) is 0 Å². The van der Waals surface area contributed by atoms with Crippen LogP contribution in [0.15, 0.2) is 110 Å². The molecule has 0 radical (unpaired) electrons. The Morgan fingerprint density at radius 1 is 0.643 bits per heavy atom. The van der Waals surface area contributed by atoms with Crippen LogP contribution in [-0.2, 0) is 0 Å². The molecule has 0 aliphatic heterocycles. The van der Waals surface area contributed by atoms with Crippen LogP contribution in [0.4, 0.5) is 0 Å². The van der Waals surface area contributed by atoms with Crippen LogP contribution in [0.1, 0.15) is 38.9 Å². The Bertz CT molecular complexity index is 1730. The van der Waals surface area contributed by atoms with Crippen LogP contribution in [0.3, 0.4) is 0 Å². The molecule has 0 N–H and O–H groups in total. The lowest BCUT2D eigenvalue weighted by Gasteiger charge is -2.34. The number of hydrogen-bond donors (Lipinski definition) is 0. The summed E-state index contributed by atoms with van der Waals surface area (Å²) in [5.74, 6) is 1.04. The first-order valence-electron chi connectivity index (χ1n) is 15.0. The molecule has 0 heterocycles. The Morgan fingerprint density at radius 2 is 1.17 bits per heavy atom. The summed E-state index contributed by atoms with van der Waals surface area (Å²) in [5.41, 5.74) is 16.2. The van der Waals surface area contributed by atoms with Gasteiger partial charge in [-0.15, -0.1) is 0 Å². The molecular formula is C40H40OSi. The summed E-state index contributed by atoms with van der Waals surface area (Å²) in [6.07, 6.45) is 1.85. The van der Waals surface area contributed by atoms with Crippen molar-refractivity contribution < 1.29 is 4.74 Å². The van der Waals surface area contributed by atoms with Gasteiger partial charge in [0.05, 0.1) is 8.07 Å². The summed E-state index contributed by atoms with van der Waals surface area (Å²) in [7, 11) is -2.24. The third kappa shape index (κ3) is 4.74. The maximum absolute atomic E-state index is 6.43. The molecule has 0 saturated heterocycles. The summed E-state index contributed by atoms with van der Waals surface area (Å²) in [6.45, 7) is 18.3. The Hall–Kier alpha value is -4.14. The van der Waals surface area contributed by atoms with Gasteiger partial charge < -0.3 is 4.74 Å². The molecule has 0 aromatic heterocycles. The van der Waals surface area contributed by atoms with Crippen molar-refractivity contribution in [2.24, 2.45) is 0 Å². The first kappa shape index (κ1) is 28.0. The minimum Gasteiger partial charge on any atom is -0.489 e. The molecule has 0 amide bonds. The first-order valence-corrected chi connectivity index (χ1v) is 18.0. The van der Waals surface area contributed by atoms with Gasteiger partial charge >= 0.3 is 0 Å². The van der Waals surface area contributed by atoms with Gasteiger partial charge in [0.2, 0.25) is 0 Å². The summed E-state index contributed by atoms with van der Waals surface area (Å²) < 4.78 is 6.43. The van der Waals surface area contributed by atoms with Crippen LogP contribution in [0.25, 0.3) is 33.4 Å². The van der Waals surface area contributed by atoms with Crippen LogP contribution in [0, 0.1) is 27.7 Å². The number of aryl methyl sites for hydroxylation is 4. The molecular weight excluding hydrogens is 525 g/mol. The van der Waals surface area contributed by atoms with Crippen molar-refractivity contribution in [2.75, 3.05) is 6.61 Å². The van der Waals surface area contributed by atoms with E-state index in [0.717, 1.165) is 5.75 Å². The smallest absolute Gasteiger partial charge is 0.121 e. The maximum atomic E-state index is 6.43. The Labute approximate surface area is 252 Å². The lowest BCUT2D eigenvalue weighted by atomic mass is 9.95. The van der Waals surface area contributed by atoms with Crippen molar-refractivity contribution in [3.05, 3.63) is 143 Å². The fraction of sp³-hybridized carbons (Fsp3) is 0.200. The predicted molar refractivity (Wildman–Crippen MR) is 183 cm³/mol. The van der Waals surface area contributed by atoms with Crippen molar-refractivity contribution in [1.82, 2.24) is 0 Å². The lowest BCUT2D eigenvalue weighted by Crippen LogP contribution is -2.48.